The molecule has 2 aromatic rings. The van der Waals surface area contributed by atoms with Crippen LogP contribution in [0.5, 0.6) is 0 Å². The molecule has 1 saturated carbocycles. The number of benzene rings is 2. The summed E-state index contributed by atoms with van der Waals surface area (Å²) in [6.45, 7) is 0.103. The van der Waals surface area contributed by atoms with Crippen LogP contribution in [-0.4, -0.2) is 40.6 Å². The quantitative estimate of drug-likeness (QED) is 0.544. The van der Waals surface area contributed by atoms with Crippen molar-refractivity contribution >= 4 is 35.2 Å². The summed E-state index contributed by atoms with van der Waals surface area (Å²) in [4.78, 5) is 44.1. The van der Waals surface area contributed by atoms with Gasteiger partial charge in [0.25, 0.3) is 5.91 Å². The zero-order chi connectivity index (χ0) is 20.9. The van der Waals surface area contributed by atoms with E-state index < -0.39 is 11.6 Å². The fourth-order valence-corrected chi connectivity index (χ4v) is 4.91. The molecule has 7 heteroatoms. The maximum Gasteiger partial charge on any atom is 0.354 e. The molecule has 0 aromatic heterocycles. The summed E-state index contributed by atoms with van der Waals surface area (Å²) in [5.41, 5.74) is 0.455. The molecule has 6 nitrogen and oxygen atoms in total. The number of ether oxygens (including phenoxy) is 1. The van der Waals surface area contributed by atoms with Gasteiger partial charge in [0.1, 0.15) is 6.61 Å². The van der Waals surface area contributed by atoms with Gasteiger partial charge in [-0.15, -0.1) is 11.8 Å². The number of rotatable bonds is 5. The van der Waals surface area contributed by atoms with Crippen LogP contribution in [0.15, 0.2) is 53.4 Å². The van der Waals surface area contributed by atoms with E-state index in [9.17, 15) is 14.4 Å². The van der Waals surface area contributed by atoms with E-state index in [-0.39, 0.29) is 37.3 Å². The topological polar surface area (TPSA) is 66.9 Å². The molecule has 30 heavy (non-hydrogen) atoms. The molecule has 1 saturated heterocycles. The van der Waals surface area contributed by atoms with Crippen LogP contribution >= 0.6 is 11.8 Å². The maximum absolute atomic E-state index is 13.5. The molecule has 2 heterocycles. The van der Waals surface area contributed by atoms with Crippen molar-refractivity contribution in [3.05, 3.63) is 59.7 Å². The summed E-state index contributed by atoms with van der Waals surface area (Å²) in [7, 11) is 0. The van der Waals surface area contributed by atoms with Crippen LogP contribution in [0.4, 0.5) is 5.69 Å². The molecule has 1 aliphatic carbocycles. The van der Waals surface area contributed by atoms with Crippen LogP contribution < -0.4 is 4.90 Å². The van der Waals surface area contributed by atoms with Crippen molar-refractivity contribution in [3.63, 3.8) is 0 Å². The van der Waals surface area contributed by atoms with Crippen LogP contribution in [0.3, 0.4) is 0 Å². The van der Waals surface area contributed by atoms with Gasteiger partial charge in [-0.1, -0.05) is 24.3 Å². The minimum absolute atomic E-state index is 0.0346. The van der Waals surface area contributed by atoms with Gasteiger partial charge in [-0.25, -0.2) is 4.79 Å². The van der Waals surface area contributed by atoms with Crippen LogP contribution in [-0.2, 0) is 20.9 Å². The smallest absolute Gasteiger partial charge is 0.354 e. The third-order valence-corrected chi connectivity index (χ3v) is 6.81. The van der Waals surface area contributed by atoms with Gasteiger partial charge in [0.2, 0.25) is 11.6 Å². The summed E-state index contributed by atoms with van der Waals surface area (Å²) in [5.74, 6) is -0.876. The lowest BCUT2D eigenvalue weighted by Crippen LogP contribution is -2.69. The number of carbonyl (C=O) groups excluding carboxylic acids is 3. The largest absolute Gasteiger partial charge is 0.458 e. The van der Waals surface area contributed by atoms with Crippen molar-refractivity contribution in [1.82, 2.24) is 4.90 Å². The van der Waals surface area contributed by atoms with Gasteiger partial charge in [-0.05, 0) is 48.9 Å². The van der Waals surface area contributed by atoms with Crippen LogP contribution in [0.2, 0.25) is 0 Å². The van der Waals surface area contributed by atoms with E-state index in [1.807, 2.05) is 30.5 Å². The van der Waals surface area contributed by atoms with E-state index in [4.69, 9.17) is 4.74 Å². The van der Waals surface area contributed by atoms with E-state index in [0.29, 0.717) is 11.3 Å². The number of hydrogen-bond donors (Lipinski definition) is 0. The number of fused-ring (bicyclic) bond motifs is 3. The zero-order valence-corrected chi connectivity index (χ0v) is 17.5. The fourth-order valence-electron chi connectivity index (χ4n) is 4.50. The second-order valence-electron chi connectivity index (χ2n) is 7.89. The zero-order valence-electron chi connectivity index (χ0n) is 16.7. The van der Waals surface area contributed by atoms with E-state index >= 15 is 0 Å². The minimum atomic E-state index is -1.39. The average molecular weight is 423 g/mol. The van der Waals surface area contributed by atoms with Gasteiger partial charge in [0, 0.05) is 23.8 Å². The minimum Gasteiger partial charge on any atom is -0.458 e. The highest BCUT2D eigenvalue weighted by Crippen LogP contribution is 2.49. The summed E-state index contributed by atoms with van der Waals surface area (Å²) < 4.78 is 5.73. The van der Waals surface area contributed by atoms with E-state index in [1.54, 1.807) is 40.9 Å². The van der Waals surface area contributed by atoms with Gasteiger partial charge < -0.3 is 9.64 Å². The molecule has 5 rings (SSSR count). The number of thioether (sulfide) groups is 1. The molecule has 2 fully saturated rings. The molecule has 154 valence electrons. The monoisotopic (exact) mass is 422 g/mol. The highest BCUT2D eigenvalue weighted by molar-refractivity contribution is 7.98. The Labute approximate surface area is 179 Å². The molecule has 3 aliphatic rings. The first-order valence-electron chi connectivity index (χ1n) is 10.1. The predicted molar refractivity (Wildman–Crippen MR) is 113 cm³/mol. The Hall–Kier alpha value is -2.80. The van der Waals surface area contributed by atoms with Crippen LogP contribution in [0.1, 0.15) is 41.6 Å². The van der Waals surface area contributed by atoms with Gasteiger partial charge in [0.05, 0.1) is 11.3 Å². The highest BCUT2D eigenvalue weighted by atomic mass is 32.2. The third kappa shape index (κ3) is 2.83. The lowest BCUT2D eigenvalue weighted by atomic mass is 9.96. The highest BCUT2D eigenvalue weighted by Gasteiger charge is 2.64. The fraction of sp³-hybridized carbons (Fsp3) is 0.348. The van der Waals surface area contributed by atoms with Crippen molar-refractivity contribution in [2.75, 3.05) is 11.2 Å². The summed E-state index contributed by atoms with van der Waals surface area (Å²) in [6.07, 6.45) is 4.14. The first kappa shape index (κ1) is 19.2. The Bertz CT molecular complexity index is 1030. The van der Waals surface area contributed by atoms with Crippen LogP contribution in [0, 0.1) is 0 Å². The number of amides is 2. The van der Waals surface area contributed by atoms with Crippen molar-refractivity contribution in [3.8, 4) is 0 Å². The Morgan fingerprint density at radius 1 is 1.13 bits per heavy atom. The van der Waals surface area contributed by atoms with Crippen LogP contribution in [0.25, 0.3) is 0 Å². The molecule has 0 N–H and O–H groups in total. The molecule has 1 unspecified atom stereocenters. The predicted octanol–water partition coefficient (Wildman–Crippen LogP) is 3.59. The summed E-state index contributed by atoms with van der Waals surface area (Å²) in [6, 6.07) is 14.8. The molecule has 0 spiro atoms. The van der Waals surface area contributed by atoms with E-state index in [0.717, 1.165) is 23.3 Å². The first-order valence-corrected chi connectivity index (χ1v) is 11.3. The number of esters is 1. The standard InChI is InChI=1S/C23H22N2O4S/c1-30-17-10-6-15(7-11-17)14-29-22(28)23-13-12-20(26)25(23)19-5-3-2-4-18(19)21(27)24(23)16-8-9-16/h2-7,10-11,16H,8-9,12-14H2,1H3. The summed E-state index contributed by atoms with van der Waals surface area (Å²) >= 11 is 1.64. The van der Waals surface area contributed by atoms with E-state index in [1.165, 1.54) is 4.90 Å². The van der Waals surface area contributed by atoms with Gasteiger partial charge in [-0.2, -0.15) is 0 Å². The Balaban J connectivity index is 1.51. The summed E-state index contributed by atoms with van der Waals surface area (Å²) in [5, 5.41) is 0. The number of carbonyl (C=O) groups is 3. The molecule has 1 atom stereocenters. The van der Waals surface area contributed by atoms with E-state index in [2.05, 4.69) is 0 Å². The molecule has 2 aromatic carbocycles. The first-order chi connectivity index (χ1) is 14.6. The van der Waals surface area contributed by atoms with Crippen molar-refractivity contribution in [1.29, 1.82) is 0 Å². The number of nitrogens with zero attached hydrogens (tertiary/aromatic N) is 2. The normalized spacial score (nSPS) is 22.7. The molecule has 2 amide bonds. The van der Waals surface area contributed by atoms with Crippen molar-refractivity contribution in [2.24, 2.45) is 0 Å². The van der Waals surface area contributed by atoms with Gasteiger partial charge in [0.15, 0.2) is 0 Å². The molecule has 2 aliphatic heterocycles. The lowest BCUT2D eigenvalue weighted by molar-refractivity contribution is -0.159. The second-order valence-corrected chi connectivity index (χ2v) is 8.77. The number of para-hydroxylation sites is 1. The SMILES string of the molecule is CSc1ccc(COC(=O)C23CCC(=O)N2c2ccccc2C(=O)N3C2CC2)cc1. The lowest BCUT2D eigenvalue weighted by Gasteiger charge is -2.48. The Morgan fingerprint density at radius 3 is 2.57 bits per heavy atom. The third-order valence-electron chi connectivity index (χ3n) is 6.07. The van der Waals surface area contributed by atoms with Crippen molar-refractivity contribution in [2.45, 2.75) is 48.9 Å². The Morgan fingerprint density at radius 2 is 1.87 bits per heavy atom. The number of hydrogen-bond acceptors (Lipinski definition) is 5. The van der Waals surface area contributed by atoms with Gasteiger partial charge in [-0.3, -0.25) is 14.5 Å². The number of anilines is 1. The van der Waals surface area contributed by atoms with Gasteiger partial charge >= 0.3 is 5.97 Å². The molecule has 0 bridgehead atoms. The van der Waals surface area contributed by atoms with Crippen molar-refractivity contribution < 1.29 is 19.1 Å². The molecule has 0 radical (unpaired) electrons. The Kier molecular flexibility index (Phi) is 4.58. The second kappa shape index (κ2) is 7.16. The average Bonchev–Trinajstić information content (AvgIpc) is 3.55. The maximum atomic E-state index is 13.5. The molecular formula is C23H22N2O4S. The molecular weight excluding hydrogens is 400 g/mol.